The second kappa shape index (κ2) is 4.93. The number of amides is 1. The zero-order valence-corrected chi connectivity index (χ0v) is 10.5. The Balaban J connectivity index is 1.98. The van der Waals surface area contributed by atoms with E-state index in [1.807, 2.05) is 15.0 Å². The lowest BCUT2D eigenvalue weighted by Crippen LogP contribution is -2.48. The van der Waals surface area contributed by atoms with Gasteiger partial charge < -0.3 is 9.64 Å². The molecule has 0 radical (unpaired) electrons. The number of aromatic nitrogens is 1. The van der Waals surface area contributed by atoms with E-state index in [0.29, 0.717) is 19.8 Å². The van der Waals surface area contributed by atoms with Gasteiger partial charge in [-0.05, 0) is 6.92 Å². The fraction of sp³-hybridized carbons (Fsp3) is 0.636. The first-order valence-corrected chi connectivity index (χ1v) is 6.36. The number of morpholine rings is 1. The van der Waals surface area contributed by atoms with E-state index < -0.39 is 0 Å². The van der Waals surface area contributed by atoms with E-state index in [1.54, 1.807) is 11.3 Å². The molecule has 1 amide bonds. The van der Waals surface area contributed by atoms with Gasteiger partial charge in [-0.25, -0.2) is 0 Å². The summed E-state index contributed by atoms with van der Waals surface area (Å²) >= 11 is 1.69. The fourth-order valence-electron chi connectivity index (χ4n) is 1.72. The van der Waals surface area contributed by atoms with Gasteiger partial charge in [0, 0.05) is 20.0 Å². The van der Waals surface area contributed by atoms with Crippen LogP contribution in [0.25, 0.3) is 0 Å². The minimum absolute atomic E-state index is 0.189. The van der Waals surface area contributed by atoms with Crippen LogP contribution in [0, 0.1) is 13.8 Å². The topological polar surface area (TPSA) is 33.4 Å². The van der Waals surface area contributed by atoms with Gasteiger partial charge in [-0.2, -0.15) is 4.57 Å². The van der Waals surface area contributed by atoms with E-state index in [-0.39, 0.29) is 5.91 Å². The number of carbonyl (C=O) groups excluding carboxylic acids is 1. The smallest absolute Gasteiger partial charge is 0.288 e. The van der Waals surface area contributed by atoms with Gasteiger partial charge in [-0.1, -0.05) is 11.3 Å². The quantitative estimate of drug-likeness (QED) is 0.707. The Morgan fingerprint density at radius 3 is 2.75 bits per heavy atom. The number of thiazole rings is 1. The maximum Gasteiger partial charge on any atom is 0.288 e. The van der Waals surface area contributed by atoms with Crippen molar-refractivity contribution >= 4 is 17.2 Å². The maximum atomic E-state index is 12.0. The second-order valence-corrected chi connectivity index (χ2v) is 5.04. The van der Waals surface area contributed by atoms with Gasteiger partial charge in [0.1, 0.15) is 0 Å². The highest BCUT2D eigenvalue weighted by molar-refractivity contribution is 7.09. The molecule has 0 aromatic carbocycles. The lowest BCUT2D eigenvalue weighted by Gasteiger charge is -2.25. The summed E-state index contributed by atoms with van der Waals surface area (Å²) in [5.74, 6) is 0.189. The molecule has 1 fully saturated rings. The van der Waals surface area contributed by atoms with Crippen LogP contribution in [-0.2, 0) is 16.1 Å². The van der Waals surface area contributed by atoms with Gasteiger partial charge in [0.05, 0.1) is 18.1 Å². The lowest BCUT2D eigenvalue weighted by molar-refractivity contribution is -0.686. The van der Waals surface area contributed by atoms with Crippen LogP contribution in [0.3, 0.4) is 0 Å². The molecule has 0 spiro atoms. The summed E-state index contributed by atoms with van der Waals surface area (Å²) < 4.78 is 7.25. The molecule has 1 aromatic rings. The van der Waals surface area contributed by atoms with E-state index in [4.69, 9.17) is 4.74 Å². The highest BCUT2D eigenvalue weighted by atomic mass is 32.1. The molecule has 2 rings (SSSR count). The Morgan fingerprint density at radius 2 is 2.19 bits per heavy atom. The molecule has 5 heteroatoms. The number of nitrogens with zero attached hydrogens (tertiary/aromatic N) is 2. The molecule has 16 heavy (non-hydrogen) atoms. The van der Waals surface area contributed by atoms with Crippen molar-refractivity contribution in [1.29, 1.82) is 0 Å². The first-order chi connectivity index (χ1) is 7.68. The Bertz CT molecular complexity index is 383. The van der Waals surface area contributed by atoms with Crippen LogP contribution in [0.5, 0.6) is 0 Å². The summed E-state index contributed by atoms with van der Waals surface area (Å²) in [6.07, 6.45) is 0. The van der Waals surface area contributed by atoms with Gasteiger partial charge in [-0.15, -0.1) is 0 Å². The Hall–Kier alpha value is -0.940. The van der Waals surface area contributed by atoms with Crippen molar-refractivity contribution in [2.75, 3.05) is 26.3 Å². The van der Waals surface area contributed by atoms with Gasteiger partial charge in [-0.3, -0.25) is 4.79 Å². The first kappa shape index (κ1) is 11.5. The van der Waals surface area contributed by atoms with E-state index in [0.717, 1.165) is 13.1 Å². The Kier molecular flexibility index (Phi) is 3.56. The molecule has 0 atom stereocenters. The third kappa shape index (κ3) is 2.41. The largest absolute Gasteiger partial charge is 0.378 e. The summed E-state index contributed by atoms with van der Waals surface area (Å²) in [4.78, 5) is 15.1. The van der Waals surface area contributed by atoms with Crippen LogP contribution in [0.1, 0.15) is 10.6 Å². The number of carbonyl (C=O) groups is 1. The fourth-order valence-corrected chi connectivity index (χ4v) is 2.53. The number of ether oxygens (including phenoxy) is 1. The average molecular weight is 241 g/mol. The second-order valence-electron chi connectivity index (χ2n) is 3.99. The minimum Gasteiger partial charge on any atom is -0.378 e. The molecular weight excluding hydrogens is 224 g/mol. The third-order valence-corrected chi connectivity index (χ3v) is 3.98. The Morgan fingerprint density at radius 1 is 1.50 bits per heavy atom. The highest BCUT2D eigenvalue weighted by Gasteiger charge is 2.22. The minimum atomic E-state index is 0.189. The zero-order chi connectivity index (χ0) is 11.5. The van der Waals surface area contributed by atoms with Crippen LogP contribution in [-0.4, -0.2) is 37.1 Å². The third-order valence-electron chi connectivity index (χ3n) is 2.97. The van der Waals surface area contributed by atoms with E-state index in [1.165, 1.54) is 10.6 Å². The maximum absolute atomic E-state index is 12.0. The molecule has 0 unspecified atom stereocenters. The molecule has 4 nitrogen and oxygen atoms in total. The molecule has 1 aliphatic rings. The molecule has 0 N–H and O–H groups in total. The molecule has 0 bridgehead atoms. The molecular formula is C11H17N2O2S+. The molecule has 1 aromatic heterocycles. The molecule has 0 aliphatic carbocycles. The Labute approximate surface area is 99.4 Å². The van der Waals surface area contributed by atoms with E-state index >= 15 is 0 Å². The number of hydrogen-bond donors (Lipinski definition) is 0. The van der Waals surface area contributed by atoms with Gasteiger partial charge >= 0.3 is 0 Å². The van der Waals surface area contributed by atoms with Gasteiger partial charge in [0.2, 0.25) is 12.1 Å². The van der Waals surface area contributed by atoms with Crippen molar-refractivity contribution in [3.05, 3.63) is 16.1 Å². The van der Waals surface area contributed by atoms with E-state index in [9.17, 15) is 4.79 Å². The normalized spacial score (nSPS) is 16.5. The molecule has 2 heterocycles. The zero-order valence-electron chi connectivity index (χ0n) is 9.73. The van der Waals surface area contributed by atoms with E-state index in [2.05, 4.69) is 13.8 Å². The standard InChI is InChI=1S/C11H17N2O2S/c1-9-10(2)16-8-13(9)7-11(14)12-3-5-15-6-4-12/h8H,3-7H2,1-2H3/q+1. The average Bonchev–Trinajstić information content (AvgIpc) is 2.62. The lowest BCUT2D eigenvalue weighted by atomic mass is 10.3. The molecule has 1 aliphatic heterocycles. The molecule has 0 saturated carbocycles. The molecule has 88 valence electrons. The van der Waals surface area contributed by atoms with Crippen LogP contribution >= 0.6 is 11.3 Å². The SMILES string of the molecule is Cc1sc[n+](CC(=O)N2CCOCC2)c1C. The van der Waals surface area contributed by atoms with Crippen molar-refractivity contribution in [2.24, 2.45) is 0 Å². The summed E-state index contributed by atoms with van der Waals surface area (Å²) in [6.45, 7) is 7.36. The predicted molar refractivity (Wildman–Crippen MR) is 61.4 cm³/mol. The van der Waals surface area contributed by atoms with Crippen molar-refractivity contribution < 1.29 is 14.1 Å². The summed E-state index contributed by atoms with van der Waals surface area (Å²) in [7, 11) is 0. The van der Waals surface area contributed by atoms with Crippen molar-refractivity contribution in [2.45, 2.75) is 20.4 Å². The predicted octanol–water partition coefficient (Wildman–Crippen LogP) is 0.511. The van der Waals surface area contributed by atoms with Crippen LogP contribution < -0.4 is 4.57 Å². The first-order valence-electron chi connectivity index (χ1n) is 5.48. The van der Waals surface area contributed by atoms with Crippen molar-refractivity contribution in [3.8, 4) is 0 Å². The number of aryl methyl sites for hydroxylation is 1. The van der Waals surface area contributed by atoms with Crippen molar-refractivity contribution in [1.82, 2.24) is 4.90 Å². The van der Waals surface area contributed by atoms with Crippen LogP contribution in [0.4, 0.5) is 0 Å². The van der Waals surface area contributed by atoms with Gasteiger partial charge in [0.15, 0.2) is 5.69 Å². The number of hydrogen-bond acceptors (Lipinski definition) is 3. The summed E-state index contributed by atoms with van der Waals surface area (Å²) in [6, 6.07) is 0. The summed E-state index contributed by atoms with van der Waals surface area (Å²) in [5.41, 5.74) is 3.20. The summed E-state index contributed by atoms with van der Waals surface area (Å²) in [5, 5.41) is 0. The molecule has 1 saturated heterocycles. The highest BCUT2D eigenvalue weighted by Crippen LogP contribution is 2.08. The monoisotopic (exact) mass is 241 g/mol. The van der Waals surface area contributed by atoms with Crippen LogP contribution in [0.2, 0.25) is 0 Å². The number of rotatable bonds is 2. The van der Waals surface area contributed by atoms with Crippen LogP contribution in [0.15, 0.2) is 5.51 Å². The van der Waals surface area contributed by atoms with Crippen molar-refractivity contribution in [3.63, 3.8) is 0 Å². The van der Waals surface area contributed by atoms with Gasteiger partial charge in [0.25, 0.3) is 5.91 Å².